The number of carbonyl (C=O) groups excluding carboxylic acids is 2. The maximum Gasteiger partial charge on any atom is 0.277 e. The third-order valence-electron chi connectivity index (χ3n) is 5.26. The van der Waals surface area contributed by atoms with E-state index in [1.165, 1.54) is 48.6 Å². The number of ether oxygens (including phenoxy) is 1. The summed E-state index contributed by atoms with van der Waals surface area (Å²) < 4.78 is 31.0. The molecule has 2 aromatic heterocycles. The highest BCUT2D eigenvalue weighted by Gasteiger charge is 2.25. The second-order valence-corrected chi connectivity index (χ2v) is 10.6. The summed E-state index contributed by atoms with van der Waals surface area (Å²) in [5.74, 6) is -0.749. The Labute approximate surface area is 220 Å². The Morgan fingerprint density at radius 3 is 2.62 bits per heavy atom. The van der Waals surface area contributed by atoms with E-state index < -0.39 is 21.7 Å². The van der Waals surface area contributed by atoms with Crippen LogP contribution in [0.2, 0.25) is 5.02 Å². The summed E-state index contributed by atoms with van der Waals surface area (Å²) >= 11 is 5.85. The number of anilines is 2. The van der Waals surface area contributed by atoms with E-state index >= 15 is 0 Å². The maximum absolute atomic E-state index is 13.5. The van der Waals surface area contributed by atoms with Crippen LogP contribution in [0.15, 0.2) is 59.8 Å². The molecule has 10 nitrogen and oxygen atoms in total. The van der Waals surface area contributed by atoms with Gasteiger partial charge in [0.05, 0.1) is 33.5 Å². The Morgan fingerprint density at radius 1 is 1.16 bits per heavy atom. The molecule has 0 saturated heterocycles. The molecule has 0 aliphatic rings. The van der Waals surface area contributed by atoms with Gasteiger partial charge in [0.2, 0.25) is 0 Å². The zero-order valence-electron chi connectivity index (χ0n) is 20.5. The van der Waals surface area contributed by atoms with Crippen molar-refractivity contribution in [3.8, 4) is 5.75 Å². The van der Waals surface area contributed by atoms with E-state index in [2.05, 4.69) is 15.3 Å². The zero-order valence-corrected chi connectivity index (χ0v) is 22.1. The molecular formula is C25H28ClN5O5S. The van der Waals surface area contributed by atoms with Gasteiger partial charge in [-0.3, -0.25) is 9.59 Å². The van der Waals surface area contributed by atoms with E-state index in [1.54, 1.807) is 25.1 Å². The molecule has 0 atom stereocenters. The van der Waals surface area contributed by atoms with Gasteiger partial charge in [0.25, 0.3) is 11.8 Å². The second-order valence-electron chi connectivity index (χ2n) is 8.02. The Kier molecular flexibility index (Phi) is 9.56. The van der Waals surface area contributed by atoms with Gasteiger partial charge < -0.3 is 20.7 Å². The summed E-state index contributed by atoms with van der Waals surface area (Å²) in [6, 6.07) is 10.4. The predicted octanol–water partition coefficient (Wildman–Crippen LogP) is 3.57. The number of nitrogens with zero attached hydrogens (tertiary/aromatic N) is 3. The van der Waals surface area contributed by atoms with Crippen LogP contribution in [0.1, 0.15) is 40.6 Å². The van der Waals surface area contributed by atoms with Crippen LogP contribution in [0.3, 0.4) is 0 Å². The van der Waals surface area contributed by atoms with Gasteiger partial charge in [-0.05, 0) is 61.9 Å². The summed E-state index contributed by atoms with van der Waals surface area (Å²) in [7, 11) is -2.05. The lowest BCUT2D eigenvalue weighted by Gasteiger charge is -2.21. The molecule has 1 aromatic carbocycles. The third kappa shape index (κ3) is 7.03. The minimum atomic E-state index is -3.54. The fourth-order valence-electron chi connectivity index (χ4n) is 3.40. The molecule has 0 aliphatic heterocycles. The summed E-state index contributed by atoms with van der Waals surface area (Å²) in [5.41, 5.74) is 5.90. The Bertz CT molecular complexity index is 1370. The first-order valence-electron chi connectivity index (χ1n) is 11.5. The summed E-state index contributed by atoms with van der Waals surface area (Å²) in [6.07, 6.45) is 3.79. The quantitative estimate of drug-likeness (QED) is 0.348. The Balaban J connectivity index is 1.94. The second kappa shape index (κ2) is 12.6. The van der Waals surface area contributed by atoms with E-state index in [9.17, 15) is 18.0 Å². The number of benzene rings is 1. The molecule has 2 amide bonds. The first kappa shape index (κ1) is 28.0. The average Bonchev–Trinajstić information content (AvgIpc) is 2.89. The van der Waals surface area contributed by atoms with Crippen LogP contribution in [0, 0.1) is 0 Å². The molecule has 3 rings (SSSR count). The molecule has 0 saturated carbocycles. The number of nitrogens with one attached hydrogen (secondary N) is 1. The summed E-state index contributed by atoms with van der Waals surface area (Å²) in [6.45, 7) is 2.34. The first-order chi connectivity index (χ1) is 17.7. The van der Waals surface area contributed by atoms with Crippen LogP contribution in [0.4, 0.5) is 11.5 Å². The van der Waals surface area contributed by atoms with Gasteiger partial charge in [-0.25, -0.2) is 18.4 Å². The molecule has 3 aromatic rings. The number of aromatic nitrogens is 2. The van der Waals surface area contributed by atoms with Crippen molar-refractivity contribution >= 4 is 44.8 Å². The molecular weight excluding hydrogens is 518 g/mol. The first-order valence-corrected chi connectivity index (χ1v) is 13.6. The molecule has 12 heteroatoms. The van der Waals surface area contributed by atoms with E-state index in [4.69, 9.17) is 22.1 Å². The van der Waals surface area contributed by atoms with Crippen molar-refractivity contribution in [2.45, 2.75) is 24.7 Å². The molecule has 0 aliphatic carbocycles. The van der Waals surface area contributed by atoms with Crippen molar-refractivity contribution in [3.63, 3.8) is 0 Å². The van der Waals surface area contributed by atoms with Crippen molar-refractivity contribution < 1.29 is 22.7 Å². The van der Waals surface area contributed by atoms with Gasteiger partial charge in [0.1, 0.15) is 11.6 Å². The number of nitrogens with two attached hydrogens (primary N) is 1. The van der Waals surface area contributed by atoms with Gasteiger partial charge >= 0.3 is 0 Å². The SMILES string of the molecule is CCCS(=O)(=O)c1ccc(C(=O)N(C)c2cccnc2C(=O)Nc2ccc(Cl)cn2)c(OCCCN)c1. The topological polar surface area (TPSA) is 145 Å². The minimum Gasteiger partial charge on any atom is -0.493 e. The summed E-state index contributed by atoms with van der Waals surface area (Å²) in [4.78, 5) is 36.0. The van der Waals surface area contributed by atoms with Crippen LogP contribution >= 0.6 is 11.6 Å². The largest absolute Gasteiger partial charge is 0.493 e. The van der Waals surface area contributed by atoms with Gasteiger partial charge in [0, 0.05) is 19.4 Å². The lowest BCUT2D eigenvalue weighted by atomic mass is 10.1. The number of amides is 2. The molecule has 0 radical (unpaired) electrons. The fraction of sp³-hybridized carbons (Fsp3) is 0.280. The normalized spacial score (nSPS) is 11.1. The Hall–Kier alpha value is -3.54. The number of sulfone groups is 1. The number of hydrogen-bond acceptors (Lipinski definition) is 8. The standard InChI is InChI=1S/C25H28ClN5O5S/c1-3-14-37(34,35)18-8-9-19(21(15-18)36-13-5-11-27)25(33)31(2)20-6-4-12-28-23(20)24(32)30-22-10-7-17(26)16-29-22/h4,6-10,12,15-16H,3,5,11,13-14,27H2,1-2H3,(H,29,30,32). The fourth-order valence-corrected chi connectivity index (χ4v) is 4.85. The Morgan fingerprint density at radius 2 is 1.95 bits per heavy atom. The lowest BCUT2D eigenvalue weighted by Crippen LogP contribution is -2.30. The number of carbonyl (C=O) groups is 2. The van der Waals surface area contributed by atoms with Gasteiger partial charge in [-0.2, -0.15) is 0 Å². The van der Waals surface area contributed by atoms with E-state index in [-0.39, 0.29) is 45.8 Å². The molecule has 37 heavy (non-hydrogen) atoms. The van der Waals surface area contributed by atoms with Gasteiger partial charge in [-0.1, -0.05) is 18.5 Å². The third-order valence-corrected chi connectivity index (χ3v) is 7.40. The number of hydrogen-bond donors (Lipinski definition) is 2. The molecule has 3 N–H and O–H groups in total. The van der Waals surface area contributed by atoms with Crippen LogP contribution < -0.4 is 20.7 Å². The van der Waals surface area contributed by atoms with Crippen molar-refractivity contribution in [1.29, 1.82) is 0 Å². The van der Waals surface area contributed by atoms with Crippen molar-refractivity contribution in [1.82, 2.24) is 9.97 Å². The molecule has 0 spiro atoms. The van der Waals surface area contributed by atoms with Crippen molar-refractivity contribution in [3.05, 3.63) is 71.1 Å². The van der Waals surface area contributed by atoms with Crippen LogP contribution in [-0.4, -0.2) is 56.2 Å². The average molecular weight is 546 g/mol. The summed E-state index contributed by atoms with van der Waals surface area (Å²) in [5, 5.41) is 3.05. The molecule has 0 bridgehead atoms. The molecule has 2 heterocycles. The van der Waals surface area contributed by atoms with E-state index in [0.29, 0.717) is 24.4 Å². The minimum absolute atomic E-state index is 0.0113. The van der Waals surface area contributed by atoms with E-state index in [0.717, 1.165) is 0 Å². The number of pyridine rings is 2. The maximum atomic E-state index is 13.5. The molecule has 0 unspecified atom stereocenters. The van der Waals surface area contributed by atoms with Crippen molar-refractivity contribution in [2.75, 3.05) is 36.2 Å². The zero-order chi connectivity index (χ0) is 27.0. The monoisotopic (exact) mass is 545 g/mol. The highest BCUT2D eigenvalue weighted by Crippen LogP contribution is 2.28. The highest BCUT2D eigenvalue weighted by atomic mass is 35.5. The smallest absolute Gasteiger partial charge is 0.277 e. The van der Waals surface area contributed by atoms with Crippen LogP contribution in [-0.2, 0) is 9.84 Å². The number of rotatable bonds is 11. The number of halogens is 1. The van der Waals surface area contributed by atoms with Crippen molar-refractivity contribution in [2.24, 2.45) is 5.73 Å². The lowest BCUT2D eigenvalue weighted by molar-refractivity contribution is 0.0988. The highest BCUT2D eigenvalue weighted by molar-refractivity contribution is 7.91. The molecule has 196 valence electrons. The van der Waals surface area contributed by atoms with E-state index in [1.807, 2.05) is 0 Å². The van der Waals surface area contributed by atoms with Gasteiger partial charge in [-0.15, -0.1) is 0 Å². The predicted molar refractivity (Wildman–Crippen MR) is 142 cm³/mol. The van der Waals surface area contributed by atoms with Crippen LogP contribution in [0.5, 0.6) is 5.75 Å². The molecule has 0 fully saturated rings. The van der Waals surface area contributed by atoms with Gasteiger partial charge in [0.15, 0.2) is 15.5 Å². The van der Waals surface area contributed by atoms with Crippen LogP contribution in [0.25, 0.3) is 0 Å².